The van der Waals surface area contributed by atoms with Gasteiger partial charge in [-0.15, -0.1) is 0 Å². The molecule has 5 N–H and O–H groups in total. The average Bonchev–Trinajstić information content (AvgIpc) is 3.37. The molecule has 1 aliphatic carbocycles. The largest absolute Gasteiger partial charge is 0.405 e. The number of aliphatic hydroxyl groups excluding tert-OH is 2. The highest BCUT2D eigenvalue weighted by Crippen LogP contribution is 2.39. The van der Waals surface area contributed by atoms with Crippen molar-refractivity contribution < 1.29 is 23.4 Å². The highest BCUT2D eigenvalue weighted by Gasteiger charge is 2.42. The third-order valence-electron chi connectivity index (χ3n) is 6.70. The van der Waals surface area contributed by atoms with Crippen LogP contribution >= 0.6 is 0 Å². The van der Waals surface area contributed by atoms with Crippen LogP contribution in [0, 0.1) is 5.92 Å². The van der Waals surface area contributed by atoms with Crippen molar-refractivity contribution in [2.75, 3.05) is 17.6 Å². The van der Waals surface area contributed by atoms with Crippen LogP contribution in [-0.4, -0.2) is 54.7 Å². The zero-order valence-corrected chi connectivity index (χ0v) is 18.7. The van der Waals surface area contributed by atoms with E-state index >= 15 is 0 Å². The molecule has 0 spiro atoms. The van der Waals surface area contributed by atoms with Gasteiger partial charge < -0.3 is 25.8 Å². The van der Waals surface area contributed by atoms with Gasteiger partial charge in [0.05, 0.1) is 23.0 Å². The smallest absolute Gasteiger partial charge is 0.390 e. The fourth-order valence-electron chi connectivity index (χ4n) is 4.88. The van der Waals surface area contributed by atoms with Crippen LogP contribution in [0.25, 0.3) is 21.9 Å². The van der Waals surface area contributed by atoms with Gasteiger partial charge in [0.15, 0.2) is 0 Å². The van der Waals surface area contributed by atoms with Crippen molar-refractivity contribution in [1.82, 2.24) is 19.5 Å². The van der Waals surface area contributed by atoms with E-state index < -0.39 is 24.9 Å². The van der Waals surface area contributed by atoms with E-state index in [0.717, 1.165) is 10.9 Å². The van der Waals surface area contributed by atoms with Gasteiger partial charge in [-0.25, -0.2) is 15.0 Å². The second-order valence-corrected chi connectivity index (χ2v) is 8.99. The van der Waals surface area contributed by atoms with Crippen molar-refractivity contribution in [3.8, 4) is 0 Å². The predicted molar refractivity (Wildman–Crippen MR) is 126 cm³/mol. The number of anilines is 2. The van der Waals surface area contributed by atoms with Crippen molar-refractivity contribution in [2.24, 2.45) is 5.92 Å². The normalized spacial score (nSPS) is 22.8. The topological polar surface area (TPSA) is 122 Å². The lowest BCUT2D eigenvalue weighted by molar-refractivity contribution is -0.115. The lowest BCUT2D eigenvalue weighted by Gasteiger charge is -2.19. The zero-order valence-electron chi connectivity index (χ0n) is 18.7. The average molecular weight is 486 g/mol. The molecule has 0 bridgehead atoms. The molecule has 1 aliphatic rings. The summed E-state index contributed by atoms with van der Waals surface area (Å²) in [6.07, 6.45) is -1.17. The first-order chi connectivity index (χ1) is 16.7. The molecular formula is C24H25F3N6O2. The molecule has 1 fully saturated rings. The summed E-state index contributed by atoms with van der Waals surface area (Å²) in [6.45, 7) is -1.15. The van der Waals surface area contributed by atoms with E-state index in [1.54, 1.807) is 18.3 Å². The predicted octanol–water partition coefficient (Wildman–Crippen LogP) is 3.45. The molecule has 0 amide bonds. The molecule has 0 radical (unpaired) electrons. The van der Waals surface area contributed by atoms with Crippen molar-refractivity contribution in [3.63, 3.8) is 0 Å². The Morgan fingerprint density at radius 3 is 2.69 bits per heavy atom. The summed E-state index contributed by atoms with van der Waals surface area (Å²) < 4.78 is 39.3. The molecule has 11 heteroatoms. The molecule has 0 aliphatic heterocycles. The number of hydrogen-bond acceptors (Lipinski definition) is 7. The maximum absolute atomic E-state index is 12.5. The van der Waals surface area contributed by atoms with Crippen LogP contribution in [-0.2, 0) is 6.42 Å². The van der Waals surface area contributed by atoms with Crippen LogP contribution in [0.3, 0.4) is 0 Å². The minimum atomic E-state index is -4.32. The van der Waals surface area contributed by atoms with Gasteiger partial charge in [-0.2, -0.15) is 13.2 Å². The summed E-state index contributed by atoms with van der Waals surface area (Å²) >= 11 is 0. The number of rotatable bonds is 6. The highest BCUT2D eigenvalue weighted by atomic mass is 19.4. The van der Waals surface area contributed by atoms with E-state index in [0.29, 0.717) is 41.6 Å². The summed E-state index contributed by atoms with van der Waals surface area (Å²) in [5, 5.41) is 25.3. The number of benzene rings is 1. The molecule has 1 saturated carbocycles. The number of nitrogens with one attached hydrogen (secondary N) is 1. The Balaban J connectivity index is 1.28. The standard InChI is InChI=1S/C24H25F3N6O2/c25-24(26,27)11-29-19-6-5-14-3-1-13(9-17(14)32-19)2-4-15-10-18(21(35)20(15)34)33-8-7-16-22(28)30-12-31-23(16)33/h1,3,5-9,12,15,18,20-21,34-35H,2,4,10-11H2,(H,29,32)(H2,28,30,31)/t15-,18+,20+,21-/m0/s1. The third-order valence-corrected chi connectivity index (χ3v) is 6.70. The second kappa shape index (κ2) is 8.97. The summed E-state index contributed by atoms with van der Waals surface area (Å²) in [7, 11) is 0. The Bertz CT molecular complexity index is 1360. The first kappa shape index (κ1) is 23.3. The summed E-state index contributed by atoms with van der Waals surface area (Å²) in [4.78, 5) is 12.6. The first-order valence-electron chi connectivity index (χ1n) is 11.3. The van der Waals surface area contributed by atoms with Crippen LogP contribution < -0.4 is 11.1 Å². The molecule has 3 heterocycles. The minimum Gasteiger partial charge on any atom is -0.390 e. The molecule has 3 aromatic heterocycles. The molecule has 4 atom stereocenters. The number of nitrogens with two attached hydrogens (primary N) is 1. The van der Waals surface area contributed by atoms with Gasteiger partial charge in [0.2, 0.25) is 0 Å². The lowest BCUT2D eigenvalue weighted by atomic mass is 9.95. The van der Waals surface area contributed by atoms with Gasteiger partial charge in [-0.3, -0.25) is 0 Å². The van der Waals surface area contributed by atoms with E-state index in [1.807, 2.05) is 22.8 Å². The zero-order chi connectivity index (χ0) is 24.7. The number of nitrogens with zero attached hydrogens (tertiary/aromatic N) is 4. The molecule has 35 heavy (non-hydrogen) atoms. The molecule has 0 saturated heterocycles. The number of fused-ring (bicyclic) bond motifs is 2. The van der Waals surface area contributed by atoms with Crippen LogP contribution in [0.2, 0.25) is 0 Å². The number of aryl methyl sites for hydroxylation is 1. The minimum absolute atomic E-state index is 0.143. The quantitative estimate of drug-likeness (QED) is 0.329. The van der Waals surface area contributed by atoms with E-state index in [4.69, 9.17) is 5.73 Å². The van der Waals surface area contributed by atoms with Crippen molar-refractivity contribution in [3.05, 3.63) is 54.5 Å². The fraction of sp³-hybridized carbons (Fsp3) is 0.375. The number of pyridine rings is 1. The van der Waals surface area contributed by atoms with Crippen LogP contribution in [0.1, 0.15) is 24.4 Å². The molecule has 1 aromatic carbocycles. The van der Waals surface area contributed by atoms with Crippen LogP contribution in [0.4, 0.5) is 24.8 Å². The van der Waals surface area contributed by atoms with Crippen LogP contribution in [0.5, 0.6) is 0 Å². The lowest BCUT2D eigenvalue weighted by Crippen LogP contribution is -2.29. The SMILES string of the molecule is Nc1ncnc2c1ccn2[C@@H]1C[C@H](CCc2ccc3ccc(NCC(F)(F)F)nc3c2)[C@@H](O)[C@H]1O. The summed E-state index contributed by atoms with van der Waals surface area (Å²) in [5.74, 6) is 0.377. The maximum atomic E-state index is 12.5. The van der Waals surface area contributed by atoms with Crippen molar-refractivity contribution in [2.45, 2.75) is 43.7 Å². The van der Waals surface area contributed by atoms with Gasteiger partial charge in [0, 0.05) is 11.6 Å². The van der Waals surface area contributed by atoms with Gasteiger partial charge in [-0.05, 0) is 55.0 Å². The van der Waals surface area contributed by atoms with E-state index in [1.165, 1.54) is 12.4 Å². The molecule has 184 valence electrons. The number of hydrogen-bond donors (Lipinski definition) is 4. The number of halogens is 3. The van der Waals surface area contributed by atoms with Gasteiger partial charge in [-0.1, -0.05) is 12.1 Å². The third kappa shape index (κ3) is 4.73. The van der Waals surface area contributed by atoms with E-state index in [9.17, 15) is 23.4 Å². The monoisotopic (exact) mass is 486 g/mol. The molecule has 0 unspecified atom stereocenters. The Morgan fingerprint density at radius 1 is 1.09 bits per heavy atom. The number of alkyl halides is 3. The Morgan fingerprint density at radius 2 is 1.89 bits per heavy atom. The Labute approximate surface area is 198 Å². The second-order valence-electron chi connectivity index (χ2n) is 8.99. The molecule has 4 aromatic rings. The summed E-state index contributed by atoms with van der Waals surface area (Å²) in [6, 6.07) is 10.4. The van der Waals surface area contributed by atoms with Crippen LogP contribution in [0.15, 0.2) is 48.9 Å². The van der Waals surface area contributed by atoms with E-state index in [2.05, 4.69) is 20.3 Å². The molecule has 5 rings (SSSR count). The highest BCUT2D eigenvalue weighted by molar-refractivity contribution is 5.86. The van der Waals surface area contributed by atoms with Crippen molar-refractivity contribution in [1.29, 1.82) is 0 Å². The Kier molecular flexibility index (Phi) is 5.97. The van der Waals surface area contributed by atoms with Gasteiger partial charge >= 0.3 is 6.18 Å². The van der Waals surface area contributed by atoms with Gasteiger partial charge in [0.25, 0.3) is 0 Å². The fourth-order valence-corrected chi connectivity index (χ4v) is 4.88. The van der Waals surface area contributed by atoms with Gasteiger partial charge in [0.1, 0.15) is 36.3 Å². The molecular weight excluding hydrogens is 461 g/mol. The van der Waals surface area contributed by atoms with Crippen molar-refractivity contribution >= 4 is 33.6 Å². The maximum Gasteiger partial charge on any atom is 0.405 e. The number of nitrogen functional groups attached to an aromatic ring is 1. The first-order valence-corrected chi connectivity index (χ1v) is 11.3. The number of aromatic nitrogens is 4. The summed E-state index contributed by atoms with van der Waals surface area (Å²) in [5.41, 5.74) is 8.08. The van der Waals surface area contributed by atoms with E-state index in [-0.39, 0.29) is 17.8 Å². The Hall–Kier alpha value is -3.44. The molecule has 8 nitrogen and oxygen atoms in total. The number of aliphatic hydroxyl groups is 2.